The fraction of sp³-hybridized carbons (Fsp3) is 0. The Hall–Kier alpha value is -4.32. The normalized spacial score (nSPS) is 11.1. The zero-order chi connectivity index (χ0) is 21.8. The molecule has 11 nitrogen and oxygen atoms in total. The highest BCUT2D eigenvalue weighted by Crippen LogP contribution is 2.24. The summed E-state index contributed by atoms with van der Waals surface area (Å²) in [6.07, 6.45) is 3.37. The standard InChI is InChI=1S/C19H14N6O5S/c26-25(27)15-4-8-17(9-5-15)31(28,29)23-14-2-6-16(7-3-14)30-19-11-10-18(21-22-19)24-13-1-12-20-24/h1-13,23H. The van der Waals surface area contributed by atoms with Crippen LogP contribution in [0.2, 0.25) is 0 Å². The molecule has 0 aliphatic heterocycles. The predicted octanol–water partition coefficient (Wildman–Crippen LogP) is 3.16. The van der Waals surface area contributed by atoms with Crippen LogP contribution in [0.3, 0.4) is 0 Å². The van der Waals surface area contributed by atoms with Gasteiger partial charge in [-0.3, -0.25) is 14.8 Å². The van der Waals surface area contributed by atoms with E-state index in [0.717, 1.165) is 12.1 Å². The Bertz CT molecular complexity index is 1290. The third-order valence-corrected chi connectivity index (χ3v) is 5.45. The van der Waals surface area contributed by atoms with E-state index < -0.39 is 14.9 Å². The lowest BCUT2D eigenvalue weighted by atomic mass is 10.3. The molecule has 0 aliphatic carbocycles. The third kappa shape index (κ3) is 4.64. The van der Waals surface area contributed by atoms with E-state index in [9.17, 15) is 18.5 Å². The molecule has 1 N–H and O–H groups in total. The Morgan fingerprint density at radius 3 is 2.29 bits per heavy atom. The van der Waals surface area contributed by atoms with Crippen LogP contribution < -0.4 is 9.46 Å². The quantitative estimate of drug-likeness (QED) is 0.342. The van der Waals surface area contributed by atoms with Crippen molar-refractivity contribution in [1.82, 2.24) is 20.0 Å². The summed E-state index contributed by atoms with van der Waals surface area (Å²) in [5.41, 5.74) is 0.104. The van der Waals surface area contributed by atoms with Crippen molar-refractivity contribution in [2.45, 2.75) is 4.90 Å². The van der Waals surface area contributed by atoms with Gasteiger partial charge in [-0.25, -0.2) is 13.1 Å². The highest BCUT2D eigenvalue weighted by atomic mass is 32.2. The second kappa shape index (κ2) is 8.20. The van der Waals surface area contributed by atoms with Gasteiger partial charge >= 0.3 is 0 Å². The SMILES string of the molecule is O=[N+]([O-])c1ccc(S(=O)(=O)Nc2ccc(Oc3ccc(-n4cccn4)nn3)cc2)cc1. The van der Waals surface area contributed by atoms with Crippen LogP contribution in [0.5, 0.6) is 11.6 Å². The number of non-ortho nitro benzene ring substituents is 1. The van der Waals surface area contributed by atoms with Crippen LogP contribution in [-0.4, -0.2) is 33.3 Å². The summed E-state index contributed by atoms with van der Waals surface area (Å²) < 4.78 is 34.5. The summed E-state index contributed by atoms with van der Waals surface area (Å²) in [5.74, 6) is 1.22. The summed E-state index contributed by atoms with van der Waals surface area (Å²) in [7, 11) is -3.90. The molecule has 2 heterocycles. The zero-order valence-corrected chi connectivity index (χ0v) is 16.5. The molecule has 31 heavy (non-hydrogen) atoms. The van der Waals surface area contributed by atoms with Gasteiger partial charge in [0.05, 0.1) is 9.82 Å². The Balaban J connectivity index is 1.42. The van der Waals surface area contributed by atoms with Crippen molar-refractivity contribution in [2.24, 2.45) is 0 Å². The highest BCUT2D eigenvalue weighted by Gasteiger charge is 2.16. The number of ether oxygens (including phenoxy) is 1. The van der Waals surface area contributed by atoms with Crippen LogP contribution in [0, 0.1) is 10.1 Å². The molecular formula is C19H14N6O5S. The van der Waals surface area contributed by atoms with Gasteiger partial charge < -0.3 is 4.74 Å². The average molecular weight is 438 g/mol. The van der Waals surface area contributed by atoms with Crippen LogP contribution in [-0.2, 0) is 10.0 Å². The Kier molecular flexibility index (Phi) is 5.28. The largest absolute Gasteiger partial charge is 0.438 e. The minimum Gasteiger partial charge on any atom is -0.438 e. The highest BCUT2D eigenvalue weighted by molar-refractivity contribution is 7.92. The summed E-state index contributed by atoms with van der Waals surface area (Å²) in [6, 6.07) is 15.9. The average Bonchev–Trinajstić information content (AvgIpc) is 3.30. The monoisotopic (exact) mass is 438 g/mol. The molecular weight excluding hydrogens is 424 g/mol. The maximum atomic E-state index is 12.5. The maximum Gasteiger partial charge on any atom is 0.269 e. The molecule has 0 amide bonds. The molecule has 156 valence electrons. The number of anilines is 1. The van der Waals surface area contributed by atoms with Crippen molar-refractivity contribution in [1.29, 1.82) is 0 Å². The lowest BCUT2D eigenvalue weighted by Crippen LogP contribution is -2.12. The summed E-state index contributed by atoms with van der Waals surface area (Å²) in [4.78, 5) is 10.0. The van der Waals surface area contributed by atoms with Gasteiger partial charge in [0.25, 0.3) is 15.7 Å². The first kappa shape index (κ1) is 20.0. The number of nitro benzene ring substituents is 1. The van der Waals surface area contributed by atoms with Crippen LogP contribution in [0.4, 0.5) is 11.4 Å². The molecule has 0 saturated heterocycles. The molecule has 0 spiro atoms. The number of hydrogen-bond acceptors (Lipinski definition) is 8. The van der Waals surface area contributed by atoms with Crippen LogP contribution >= 0.6 is 0 Å². The van der Waals surface area contributed by atoms with Crippen molar-refractivity contribution in [3.8, 4) is 17.4 Å². The number of sulfonamides is 1. The molecule has 2 aromatic carbocycles. The van der Waals surface area contributed by atoms with Crippen molar-refractivity contribution in [3.05, 3.63) is 89.2 Å². The van der Waals surface area contributed by atoms with E-state index in [-0.39, 0.29) is 16.5 Å². The smallest absolute Gasteiger partial charge is 0.269 e. The zero-order valence-electron chi connectivity index (χ0n) is 15.7. The van der Waals surface area contributed by atoms with Crippen molar-refractivity contribution in [3.63, 3.8) is 0 Å². The lowest BCUT2D eigenvalue weighted by Gasteiger charge is -2.09. The summed E-state index contributed by atoms with van der Waals surface area (Å²) in [5, 5.41) is 22.8. The van der Waals surface area contributed by atoms with E-state index in [1.54, 1.807) is 47.4 Å². The fourth-order valence-corrected chi connectivity index (χ4v) is 3.63. The van der Waals surface area contributed by atoms with Gasteiger partial charge in [-0.05, 0) is 48.5 Å². The van der Waals surface area contributed by atoms with Gasteiger partial charge in [0, 0.05) is 36.3 Å². The first-order valence-electron chi connectivity index (χ1n) is 8.80. The fourth-order valence-electron chi connectivity index (χ4n) is 2.57. The number of nitro groups is 1. The molecule has 0 bridgehead atoms. The van der Waals surface area contributed by atoms with E-state index in [1.807, 2.05) is 0 Å². The first-order valence-corrected chi connectivity index (χ1v) is 10.3. The van der Waals surface area contributed by atoms with Gasteiger partial charge in [-0.15, -0.1) is 10.2 Å². The topological polar surface area (TPSA) is 142 Å². The number of benzene rings is 2. The Morgan fingerprint density at radius 2 is 1.71 bits per heavy atom. The van der Waals surface area contributed by atoms with E-state index in [4.69, 9.17) is 4.74 Å². The lowest BCUT2D eigenvalue weighted by molar-refractivity contribution is -0.384. The van der Waals surface area contributed by atoms with Crippen molar-refractivity contribution < 1.29 is 18.1 Å². The molecule has 0 aliphatic rings. The molecule has 0 unspecified atom stereocenters. The van der Waals surface area contributed by atoms with Gasteiger partial charge in [-0.1, -0.05) is 0 Å². The van der Waals surface area contributed by atoms with Gasteiger partial charge in [0.15, 0.2) is 5.82 Å². The third-order valence-electron chi connectivity index (χ3n) is 4.05. The number of nitrogens with one attached hydrogen (secondary N) is 1. The van der Waals surface area contributed by atoms with Crippen molar-refractivity contribution >= 4 is 21.4 Å². The van der Waals surface area contributed by atoms with E-state index in [1.165, 1.54) is 24.3 Å². The molecule has 2 aromatic heterocycles. The molecule has 4 aromatic rings. The first-order chi connectivity index (χ1) is 14.9. The predicted molar refractivity (Wildman–Crippen MR) is 110 cm³/mol. The van der Waals surface area contributed by atoms with Crippen LogP contribution in [0.1, 0.15) is 0 Å². The van der Waals surface area contributed by atoms with Crippen molar-refractivity contribution in [2.75, 3.05) is 4.72 Å². The molecule has 4 rings (SSSR count). The number of rotatable bonds is 7. The van der Waals surface area contributed by atoms with E-state index >= 15 is 0 Å². The number of nitrogens with zero attached hydrogens (tertiary/aromatic N) is 5. The Morgan fingerprint density at radius 1 is 0.968 bits per heavy atom. The minimum absolute atomic E-state index is 0.0917. The van der Waals surface area contributed by atoms with Crippen LogP contribution in [0.15, 0.2) is 84.0 Å². The van der Waals surface area contributed by atoms with Gasteiger partial charge in [0.2, 0.25) is 5.88 Å². The molecule has 0 saturated carbocycles. The molecule has 12 heteroatoms. The maximum absolute atomic E-state index is 12.5. The molecule has 0 atom stereocenters. The van der Waals surface area contributed by atoms with E-state index in [0.29, 0.717) is 17.3 Å². The molecule has 0 fully saturated rings. The second-order valence-electron chi connectivity index (χ2n) is 6.16. The summed E-state index contributed by atoms with van der Waals surface area (Å²) in [6.45, 7) is 0. The molecule has 0 radical (unpaired) electrons. The number of hydrogen-bond donors (Lipinski definition) is 1. The summed E-state index contributed by atoms with van der Waals surface area (Å²) >= 11 is 0. The Labute approximate surface area is 176 Å². The van der Waals surface area contributed by atoms with Crippen LogP contribution in [0.25, 0.3) is 5.82 Å². The van der Waals surface area contributed by atoms with Gasteiger partial charge in [-0.2, -0.15) is 5.10 Å². The second-order valence-corrected chi connectivity index (χ2v) is 7.85. The minimum atomic E-state index is -3.90. The van der Waals surface area contributed by atoms with E-state index in [2.05, 4.69) is 20.0 Å². The van der Waals surface area contributed by atoms with Gasteiger partial charge in [0.1, 0.15) is 5.75 Å². The number of aromatic nitrogens is 4.